The molecule has 1 aliphatic heterocycles. The molecule has 0 amide bonds. The molecule has 1 aromatic heterocycles. The molecule has 2 heterocycles. The van der Waals surface area contributed by atoms with E-state index in [0.717, 1.165) is 30.5 Å². The molecule has 0 bridgehead atoms. The Bertz CT molecular complexity index is 915. The van der Waals surface area contributed by atoms with E-state index in [1.54, 1.807) is 22.9 Å². The average Bonchev–Trinajstić information content (AvgIpc) is 3.47. The molecule has 4 rings (SSSR count). The zero-order valence-electron chi connectivity index (χ0n) is 16.7. The first kappa shape index (κ1) is 23.0. The molecule has 2 unspecified atom stereocenters. The molecule has 30 heavy (non-hydrogen) atoms. The maximum absolute atomic E-state index is 14.6. The lowest BCUT2D eigenvalue weighted by atomic mass is 9.93. The Balaban J connectivity index is 0.00000256. The highest BCUT2D eigenvalue weighted by atomic mass is 35.5. The minimum Gasteiger partial charge on any atom is -0.394 e. The van der Waals surface area contributed by atoms with Crippen LogP contribution in [0.4, 0.5) is 4.39 Å². The Labute approximate surface area is 187 Å². The second kappa shape index (κ2) is 10.1. The summed E-state index contributed by atoms with van der Waals surface area (Å²) < 4.78 is 16.3. The minimum absolute atomic E-state index is 0. The van der Waals surface area contributed by atoms with Crippen LogP contribution in [0.3, 0.4) is 0 Å². The Morgan fingerprint density at radius 1 is 1.30 bits per heavy atom. The van der Waals surface area contributed by atoms with Crippen LogP contribution in [-0.4, -0.2) is 50.5 Å². The third-order valence-corrected chi connectivity index (χ3v) is 6.23. The van der Waals surface area contributed by atoms with Crippen LogP contribution in [0.1, 0.15) is 36.6 Å². The van der Waals surface area contributed by atoms with Gasteiger partial charge in [-0.3, -0.25) is 14.4 Å². The topological polar surface area (TPSA) is 58.4 Å². The van der Waals surface area contributed by atoms with E-state index in [0.29, 0.717) is 25.2 Å². The van der Waals surface area contributed by atoms with Gasteiger partial charge in [-0.2, -0.15) is 17.7 Å². The fraction of sp³-hybridized carbons (Fsp3) is 0.455. The van der Waals surface area contributed by atoms with E-state index in [1.807, 2.05) is 18.3 Å². The summed E-state index contributed by atoms with van der Waals surface area (Å²) in [5.41, 5.74) is 2.33. The standard InChI is InChI=1S/C22H26FN3O2S.ClH/c23-19-4-2-1-3-18(19)21(22(28)15-5-6-15)25-9-8-20(29)16(14-25)13-17-7-10-26(24-17)11-12-27;/h1-4,7,10,13,15,20-21,27,29H,5-6,8-9,11-12,14H2;1H/b16-13+;. The van der Waals surface area contributed by atoms with Crippen LogP contribution in [-0.2, 0) is 11.3 Å². The molecule has 2 aromatic rings. The maximum atomic E-state index is 14.6. The van der Waals surface area contributed by atoms with Gasteiger partial charge in [-0.15, -0.1) is 12.4 Å². The van der Waals surface area contributed by atoms with Crippen molar-refractivity contribution in [1.29, 1.82) is 0 Å². The van der Waals surface area contributed by atoms with E-state index in [-0.39, 0.29) is 41.8 Å². The largest absolute Gasteiger partial charge is 0.394 e. The van der Waals surface area contributed by atoms with E-state index in [9.17, 15) is 9.18 Å². The molecule has 8 heteroatoms. The lowest BCUT2D eigenvalue weighted by molar-refractivity contribution is -0.126. The summed E-state index contributed by atoms with van der Waals surface area (Å²) in [5.74, 6) is -0.151. The Kier molecular flexibility index (Phi) is 7.74. The number of hydrogen-bond donors (Lipinski definition) is 2. The number of aliphatic hydroxyl groups is 1. The summed E-state index contributed by atoms with van der Waals surface area (Å²) in [6, 6.07) is 7.95. The van der Waals surface area contributed by atoms with Gasteiger partial charge in [0.05, 0.1) is 24.9 Å². The van der Waals surface area contributed by atoms with Crippen molar-refractivity contribution in [3.05, 3.63) is 59.2 Å². The van der Waals surface area contributed by atoms with Gasteiger partial charge in [-0.25, -0.2) is 4.39 Å². The van der Waals surface area contributed by atoms with Gasteiger partial charge in [0.25, 0.3) is 0 Å². The van der Waals surface area contributed by atoms with Crippen LogP contribution in [0, 0.1) is 11.7 Å². The van der Waals surface area contributed by atoms with Crippen molar-refractivity contribution < 1.29 is 14.3 Å². The first-order valence-corrected chi connectivity index (χ1v) is 10.6. The van der Waals surface area contributed by atoms with Gasteiger partial charge in [0.15, 0.2) is 5.78 Å². The van der Waals surface area contributed by atoms with Crippen molar-refractivity contribution >= 4 is 36.9 Å². The fourth-order valence-electron chi connectivity index (χ4n) is 3.94. The van der Waals surface area contributed by atoms with E-state index in [1.165, 1.54) is 6.07 Å². The van der Waals surface area contributed by atoms with E-state index in [2.05, 4.69) is 10.00 Å². The zero-order valence-corrected chi connectivity index (χ0v) is 18.4. The summed E-state index contributed by atoms with van der Waals surface area (Å²) in [5, 5.41) is 13.6. The van der Waals surface area contributed by atoms with Crippen LogP contribution in [0.2, 0.25) is 0 Å². The first-order valence-electron chi connectivity index (χ1n) is 10.1. The molecule has 1 saturated heterocycles. The third kappa shape index (κ3) is 5.14. The zero-order chi connectivity index (χ0) is 20.4. The molecule has 1 aliphatic carbocycles. The molecule has 162 valence electrons. The van der Waals surface area contributed by atoms with E-state index >= 15 is 0 Å². The SMILES string of the molecule is Cl.O=C(C1CC1)C(c1ccccc1F)N1CCC(S)/C(=C/c2ccn(CCO)n2)C1. The number of carbonyl (C=O) groups excluding carboxylic acids is 1. The van der Waals surface area contributed by atoms with Crippen LogP contribution < -0.4 is 0 Å². The van der Waals surface area contributed by atoms with Gasteiger partial charge < -0.3 is 5.11 Å². The second-order valence-corrected chi connectivity index (χ2v) is 8.45. The Morgan fingerprint density at radius 2 is 2.07 bits per heavy atom. The molecule has 2 fully saturated rings. The number of carbonyl (C=O) groups is 1. The van der Waals surface area contributed by atoms with Gasteiger partial charge in [0.2, 0.25) is 0 Å². The summed E-state index contributed by atoms with van der Waals surface area (Å²) in [6.07, 6.45) is 6.41. The molecule has 5 nitrogen and oxygen atoms in total. The molecular weight excluding hydrogens is 425 g/mol. The number of aromatic nitrogens is 2. The number of halogens is 2. The van der Waals surface area contributed by atoms with Crippen molar-refractivity contribution in [2.24, 2.45) is 5.92 Å². The Morgan fingerprint density at radius 3 is 2.77 bits per heavy atom. The lowest BCUT2D eigenvalue weighted by Crippen LogP contribution is -2.42. The predicted molar refractivity (Wildman–Crippen MR) is 120 cm³/mol. The highest BCUT2D eigenvalue weighted by molar-refractivity contribution is 7.81. The average molecular weight is 452 g/mol. The van der Waals surface area contributed by atoms with E-state index in [4.69, 9.17) is 17.7 Å². The molecule has 0 radical (unpaired) electrons. The van der Waals surface area contributed by atoms with Crippen molar-refractivity contribution in [3.63, 3.8) is 0 Å². The predicted octanol–water partition coefficient (Wildman–Crippen LogP) is 3.54. The highest BCUT2D eigenvalue weighted by Crippen LogP contribution is 2.39. The number of benzene rings is 1. The van der Waals surface area contributed by atoms with Crippen molar-refractivity contribution in [1.82, 2.24) is 14.7 Å². The number of likely N-dealkylation sites (tertiary alicyclic amines) is 1. The summed E-state index contributed by atoms with van der Waals surface area (Å²) in [7, 11) is 0. The number of nitrogens with zero attached hydrogens (tertiary/aromatic N) is 3. The van der Waals surface area contributed by atoms with Gasteiger partial charge in [0, 0.05) is 36.0 Å². The minimum atomic E-state index is -0.556. The van der Waals surface area contributed by atoms with Crippen molar-refractivity contribution in [2.75, 3.05) is 19.7 Å². The molecule has 1 aromatic carbocycles. The molecule has 1 N–H and O–H groups in total. The number of rotatable bonds is 7. The van der Waals surface area contributed by atoms with Gasteiger partial charge >= 0.3 is 0 Å². The third-order valence-electron chi connectivity index (χ3n) is 5.64. The monoisotopic (exact) mass is 451 g/mol. The highest BCUT2D eigenvalue weighted by Gasteiger charge is 2.40. The van der Waals surface area contributed by atoms with E-state index < -0.39 is 6.04 Å². The van der Waals surface area contributed by atoms with Gasteiger partial charge in [0.1, 0.15) is 5.82 Å². The number of piperidine rings is 1. The molecule has 2 atom stereocenters. The summed E-state index contributed by atoms with van der Waals surface area (Å²) in [4.78, 5) is 15.2. The van der Waals surface area contributed by atoms with Crippen LogP contribution in [0.15, 0.2) is 42.1 Å². The second-order valence-electron chi connectivity index (χ2n) is 7.82. The van der Waals surface area contributed by atoms with Crippen LogP contribution in [0.5, 0.6) is 0 Å². The normalized spacial score (nSPS) is 22.0. The van der Waals surface area contributed by atoms with Crippen LogP contribution in [0.25, 0.3) is 6.08 Å². The first-order chi connectivity index (χ1) is 14.1. The molecule has 1 saturated carbocycles. The van der Waals surface area contributed by atoms with Gasteiger partial charge in [-0.05, 0) is 43.0 Å². The smallest absolute Gasteiger partial charge is 0.157 e. The molecule has 2 aliphatic rings. The fourth-order valence-corrected chi connectivity index (χ4v) is 4.22. The number of hydrogen-bond acceptors (Lipinski definition) is 5. The summed E-state index contributed by atoms with van der Waals surface area (Å²) >= 11 is 4.73. The lowest BCUT2D eigenvalue weighted by Gasteiger charge is -2.37. The number of aliphatic hydroxyl groups excluding tert-OH is 1. The number of Topliss-reactive ketones (excluding diaryl/α,β-unsaturated/α-hetero) is 1. The Hall–Kier alpha value is -1.67. The number of ketones is 1. The molecule has 0 spiro atoms. The van der Waals surface area contributed by atoms with Gasteiger partial charge in [-0.1, -0.05) is 18.2 Å². The summed E-state index contributed by atoms with van der Waals surface area (Å²) in [6.45, 7) is 1.74. The molecular formula is C22H27ClFN3O2S. The quantitative estimate of drug-likeness (QED) is 0.632. The van der Waals surface area contributed by atoms with Crippen LogP contribution >= 0.6 is 25.0 Å². The maximum Gasteiger partial charge on any atom is 0.157 e. The number of thiol groups is 1. The van der Waals surface area contributed by atoms with Crippen molar-refractivity contribution in [2.45, 2.75) is 37.1 Å². The van der Waals surface area contributed by atoms with Crippen molar-refractivity contribution in [3.8, 4) is 0 Å².